The van der Waals surface area contributed by atoms with Crippen molar-refractivity contribution < 1.29 is 9.47 Å². The molecular weight excluding hydrogens is 346 g/mol. The fourth-order valence-corrected chi connectivity index (χ4v) is 3.24. The summed E-state index contributed by atoms with van der Waals surface area (Å²) >= 11 is 0. The van der Waals surface area contributed by atoms with E-state index < -0.39 is 0 Å². The summed E-state index contributed by atoms with van der Waals surface area (Å²) in [7, 11) is 0. The van der Waals surface area contributed by atoms with E-state index in [1.165, 1.54) is 17.5 Å². The van der Waals surface area contributed by atoms with Crippen LogP contribution in [0.1, 0.15) is 24.5 Å². The second-order valence-corrected chi connectivity index (χ2v) is 6.87. The predicted molar refractivity (Wildman–Crippen MR) is 113 cm³/mol. The molecule has 3 nitrogen and oxygen atoms in total. The van der Waals surface area contributed by atoms with Crippen molar-refractivity contribution >= 4 is 11.6 Å². The number of hydrogen-bond donors (Lipinski definition) is 0. The van der Waals surface area contributed by atoms with Crippen molar-refractivity contribution in [3.8, 4) is 11.5 Å². The van der Waals surface area contributed by atoms with Crippen molar-refractivity contribution in [1.29, 1.82) is 0 Å². The second kappa shape index (κ2) is 8.57. The van der Waals surface area contributed by atoms with E-state index in [4.69, 9.17) is 14.5 Å². The van der Waals surface area contributed by atoms with Crippen LogP contribution in [0.2, 0.25) is 0 Å². The van der Waals surface area contributed by atoms with Gasteiger partial charge >= 0.3 is 0 Å². The van der Waals surface area contributed by atoms with E-state index >= 15 is 0 Å². The van der Waals surface area contributed by atoms with Gasteiger partial charge in [0.15, 0.2) is 0 Å². The number of nitrogens with zero attached hydrogens (tertiary/aromatic N) is 1. The highest BCUT2D eigenvalue weighted by molar-refractivity contribution is 5.96. The van der Waals surface area contributed by atoms with Gasteiger partial charge in [0, 0.05) is 5.57 Å². The van der Waals surface area contributed by atoms with E-state index in [2.05, 4.69) is 18.2 Å². The lowest BCUT2D eigenvalue weighted by Gasteiger charge is -2.11. The topological polar surface area (TPSA) is 30.8 Å². The third kappa shape index (κ3) is 4.49. The molecule has 0 atom stereocenters. The second-order valence-electron chi connectivity index (χ2n) is 6.87. The van der Waals surface area contributed by atoms with Crippen LogP contribution in [0.5, 0.6) is 11.5 Å². The van der Waals surface area contributed by atoms with Gasteiger partial charge in [-0.25, -0.2) is 4.99 Å². The molecule has 0 N–H and O–H groups in total. The van der Waals surface area contributed by atoms with Crippen molar-refractivity contribution in [2.24, 2.45) is 4.99 Å². The van der Waals surface area contributed by atoms with Crippen molar-refractivity contribution in [3.05, 3.63) is 102 Å². The Morgan fingerprint density at radius 3 is 2.25 bits per heavy atom. The molecule has 0 fully saturated rings. The molecule has 0 spiro atoms. The van der Waals surface area contributed by atoms with E-state index in [0.717, 1.165) is 35.6 Å². The molecule has 0 aromatic heterocycles. The number of aliphatic imine (C=N–C) groups is 1. The van der Waals surface area contributed by atoms with Crippen LogP contribution in [0.15, 0.2) is 95.7 Å². The fraction of sp³-hybridized carbons (Fsp3) is 0.160. The first-order valence-corrected chi connectivity index (χ1v) is 9.60. The largest absolute Gasteiger partial charge is 0.465 e. The molecule has 0 heterocycles. The minimum atomic E-state index is 0.528. The Kier molecular flexibility index (Phi) is 5.53. The van der Waals surface area contributed by atoms with Gasteiger partial charge in [-0.3, -0.25) is 0 Å². The average Bonchev–Trinajstić information content (AvgIpc) is 3.21. The standard InChI is InChI=1S/C25H23NO2/c1-19(18-27-23-11-4-2-5-12-23)25(28-24-13-6-3-7-14-24)26-22-16-15-20-9-8-10-21(20)17-22/h2-7,11-18H,8-10H2,1H3. The molecule has 3 aromatic carbocycles. The van der Waals surface area contributed by atoms with Crippen LogP contribution in [0.3, 0.4) is 0 Å². The SMILES string of the molecule is CC(=COc1ccccc1)C(=Nc1ccc2c(c1)CCC2)Oc1ccccc1. The van der Waals surface area contributed by atoms with E-state index in [9.17, 15) is 0 Å². The van der Waals surface area contributed by atoms with Gasteiger partial charge in [-0.1, -0.05) is 42.5 Å². The minimum absolute atomic E-state index is 0.528. The number of benzene rings is 3. The maximum atomic E-state index is 6.09. The van der Waals surface area contributed by atoms with Crippen LogP contribution in [-0.4, -0.2) is 5.90 Å². The van der Waals surface area contributed by atoms with Crippen LogP contribution in [0.25, 0.3) is 0 Å². The van der Waals surface area contributed by atoms with E-state index in [1.54, 1.807) is 6.26 Å². The normalized spacial score (nSPS) is 13.9. The lowest BCUT2D eigenvalue weighted by molar-refractivity contribution is 0.473. The van der Waals surface area contributed by atoms with Crippen LogP contribution >= 0.6 is 0 Å². The monoisotopic (exact) mass is 369 g/mol. The number of ether oxygens (including phenoxy) is 2. The Bertz CT molecular complexity index is 992. The maximum Gasteiger partial charge on any atom is 0.225 e. The van der Waals surface area contributed by atoms with Crippen molar-refractivity contribution in [2.75, 3.05) is 0 Å². The first-order chi connectivity index (χ1) is 13.8. The summed E-state index contributed by atoms with van der Waals surface area (Å²) in [6, 6.07) is 25.8. The third-order valence-electron chi connectivity index (χ3n) is 4.72. The summed E-state index contributed by atoms with van der Waals surface area (Å²) in [4.78, 5) is 4.79. The van der Waals surface area contributed by atoms with Gasteiger partial charge < -0.3 is 9.47 Å². The minimum Gasteiger partial charge on any atom is -0.465 e. The molecule has 0 bridgehead atoms. The van der Waals surface area contributed by atoms with Gasteiger partial charge in [0.2, 0.25) is 5.90 Å². The van der Waals surface area contributed by atoms with Gasteiger partial charge in [-0.05, 0) is 73.7 Å². The Labute approximate surface area is 166 Å². The molecule has 0 radical (unpaired) electrons. The summed E-state index contributed by atoms with van der Waals surface area (Å²) in [5.74, 6) is 2.05. The lowest BCUT2D eigenvalue weighted by atomic mass is 10.1. The van der Waals surface area contributed by atoms with Crippen molar-refractivity contribution in [2.45, 2.75) is 26.2 Å². The molecule has 28 heavy (non-hydrogen) atoms. The Balaban J connectivity index is 1.63. The molecule has 0 unspecified atom stereocenters. The zero-order valence-corrected chi connectivity index (χ0v) is 16.0. The smallest absolute Gasteiger partial charge is 0.225 e. The molecule has 1 aliphatic rings. The van der Waals surface area contributed by atoms with Gasteiger partial charge in [-0.15, -0.1) is 0 Å². The molecule has 140 valence electrons. The zero-order chi connectivity index (χ0) is 19.2. The number of hydrogen-bond acceptors (Lipinski definition) is 3. The maximum absolute atomic E-state index is 6.09. The predicted octanol–water partition coefficient (Wildman–Crippen LogP) is 6.27. The fourth-order valence-electron chi connectivity index (χ4n) is 3.24. The highest BCUT2D eigenvalue weighted by Gasteiger charge is 2.12. The molecular formula is C25H23NO2. The molecule has 0 aliphatic heterocycles. The van der Waals surface area contributed by atoms with Crippen LogP contribution < -0.4 is 9.47 Å². The van der Waals surface area contributed by atoms with E-state index in [1.807, 2.05) is 67.6 Å². The van der Waals surface area contributed by atoms with Crippen molar-refractivity contribution in [1.82, 2.24) is 0 Å². The Morgan fingerprint density at radius 2 is 1.50 bits per heavy atom. The van der Waals surface area contributed by atoms with E-state index in [0.29, 0.717) is 5.90 Å². The number of rotatable bonds is 5. The first kappa shape index (κ1) is 18.1. The Hall–Kier alpha value is -3.33. The number of para-hydroxylation sites is 2. The zero-order valence-electron chi connectivity index (χ0n) is 16.0. The summed E-state index contributed by atoms with van der Waals surface area (Å²) in [5, 5.41) is 0. The van der Waals surface area contributed by atoms with Crippen molar-refractivity contribution in [3.63, 3.8) is 0 Å². The summed E-state index contributed by atoms with van der Waals surface area (Å²) in [6.07, 6.45) is 5.19. The van der Waals surface area contributed by atoms with Gasteiger partial charge in [0.25, 0.3) is 0 Å². The highest BCUT2D eigenvalue weighted by Crippen LogP contribution is 2.27. The molecule has 3 heteroatoms. The average molecular weight is 369 g/mol. The summed E-state index contributed by atoms with van der Waals surface area (Å²) in [6.45, 7) is 1.94. The van der Waals surface area contributed by atoms with Crippen LogP contribution in [0, 0.1) is 0 Å². The number of fused-ring (bicyclic) bond motifs is 1. The highest BCUT2D eigenvalue weighted by atomic mass is 16.5. The molecule has 1 aliphatic carbocycles. The van der Waals surface area contributed by atoms with E-state index in [-0.39, 0.29) is 0 Å². The lowest BCUT2D eigenvalue weighted by Crippen LogP contribution is -2.10. The quantitative estimate of drug-likeness (QED) is 0.302. The molecule has 0 saturated carbocycles. The molecule has 0 saturated heterocycles. The van der Waals surface area contributed by atoms with Gasteiger partial charge in [0.1, 0.15) is 11.5 Å². The Morgan fingerprint density at radius 1 is 0.821 bits per heavy atom. The van der Waals surface area contributed by atoms with Crippen LogP contribution in [-0.2, 0) is 12.8 Å². The molecule has 4 rings (SSSR count). The summed E-state index contributed by atoms with van der Waals surface area (Å²) < 4.78 is 11.9. The number of aryl methyl sites for hydroxylation is 2. The first-order valence-electron chi connectivity index (χ1n) is 9.60. The molecule has 3 aromatic rings. The van der Waals surface area contributed by atoms with Crippen LogP contribution in [0.4, 0.5) is 5.69 Å². The summed E-state index contributed by atoms with van der Waals surface area (Å²) in [5.41, 5.74) is 4.54. The van der Waals surface area contributed by atoms with Gasteiger partial charge in [0.05, 0.1) is 11.9 Å². The van der Waals surface area contributed by atoms with Gasteiger partial charge in [-0.2, -0.15) is 0 Å². The third-order valence-corrected chi connectivity index (χ3v) is 4.72. The molecule has 0 amide bonds.